The summed E-state index contributed by atoms with van der Waals surface area (Å²) in [6.07, 6.45) is 10.9. The summed E-state index contributed by atoms with van der Waals surface area (Å²) in [7, 11) is 4.22. The summed E-state index contributed by atoms with van der Waals surface area (Å²) in [4.78, 5) is 93.0. The Balaban J connectivity index is 0.000000202. The van der Waals surface area contributed by atoms with Crippen molar-refractivity contribution in [3.8, 4) is 0 Å². The zero-order valence-corrected chi connectivity index (χ0v) is 74.1. The molecule has 0 spiro atoms. The van der Waals surface area contributed by atoms with Crippen LogP contribution in [0.1, 0.15) is 176 Å². The Labute approximate surface area is 731 Å². The van der Waals surface area contributed by atoms with Crippen LogP contribution in [0.2, 0.25) is 30.1 Å². The van der Waals surface area contributed by atoms with E-state index in [0.29, 0.717) is 124 Å². The third kappa shape index (κ3) is 30.5. The normalized spacial score (nSPS) is 19.5. The summed E-state index contributed by atoms with van der Waals surface area (Å²) in [6.45, 7) is 22.4. The van der Waals surface area contributed by atoms with E-state index in [1.54, 1.807) is 54.6 Å². The van der Waals surface area contributed by atoms with Gasteiger partial charge in [-0.2, -0.15) is 0 Å². The monoisotopic (exact) mass is 1730 g/mol. The van der Waals surface area contributed by atoms with E-state index in [4.69, 9.17) is 69.6 Å². The molecule has 9 atom stereocenters. The Morgan fingerprint density at radius 2 is 0.754 bits per heavy atom. The zero-order chi connectivity index (χ0) is 84.3. The van der Waals surface area contributed by atoms with Crippen molar-refractivity contribution in [1.29, 1.82) is 0 Å². The van der Waals surface area contributed by atoms with Crippen LogP contribution in [-0.4, -0.2) is 226 Å². The number of piperazine rings is 1. The standard InChI is InChI=1S/C33H40Cl2N4O2.C31H44Cl2N4O2.C29H39Cl2N5O2/c1-3-25(26-12-8-5-9-13-26)23-39-19-16-28(21-36-32(40)27-14-15-29(34)30(35)20-27)37-31(33(39)41)17-18-38(2)22-24-10-6-4-7-11-24;1-4-6-10-17-36(3)18-16-29-31(39)37(22-23(5-2)24-11-8-7-9-12-24)19-15-26(35-29)21-34-30(38)25-13-14-27(32)28(33)20-25;1-2-21(22-6-4-3-5-7-22)20-36-15-10-24(19-33-28(37)23-8-9-25(30)26(31)18-23)34-27(29(36)38)11-14-35-16-12-32-13-17-35/h4-15,20,25,28,31,37H,3,16-19,21-23H2,1-2H3,(H,36,40);7-9,11-14,20,23,26,29,35H,4-6,10,15-19,21-22H2,1-3H3,(H,34,38);3-9,18,21,24,27,32,34H,2,10-17,19-20H2,1H3,(H,33,37)/t25-,28+,31+;23-,26+,29+;21-,24+,27+/m111/s1. The Bertz CT molecular complexity index is 4240. The molecule has 25 heteroatoms. The molecule has 7 aromatic carbocycles. The third-order valence-corrected chi connectivity index (χ3v) is 25.3. The van der Waals surface area contributed by atoms with Crippen LogP contribution in [0.25, 0.3) is 0 Å². The topological polar surface area (TPSA) is 206 Å². The number of hydrogen-bond acceptors (Lipinski definition) is 13. The lowest BCUT2D eigenvalue weighted by Gasteiger charge is -2.31. The number of hydrogen-bond donors (Lipinski definition) is 7. The summed E-state index contributed by atoms with van der Waals surface area (Å²) >= 11 is 36.3. The fraction of sp³-hybridized carbons (Fsp3) is 0.484. The van der Waals surface area contributed by atoms with Crippen molar-refractivity contribution in [2.45, 2.75) is 165 Å². The van der Waals surface area contributed by atoms with Gasteiger partial charge in [-0.05, 0) is 168 Å². The molecule has 4 fully saturated rings. The molecule has 0 saturated carbocycles. The van der Waals surface area contributed by atoms with Crippen LogP contribution in [0.15, 0.2) is 176 Å². The predicted octanol–water partition coefficient (Wildman–Crippen LogP) is 15.8. The molecule has 0 bridgehead atoms. The third-order valence-electron chi connectivity index (χ3n) is 23.0. The maximum atomic E-state index is 13.9. The highest BCUT2D eigenvalue weighted by molar-refractivity contribution is 6.43. The van der Waals surface area contributed by atoms with Crippen molar-refractivity contribution in [1.82, 2.24) is 66.6 Å². The van der Waals surface area contributed by atoms with E-state index < -0.39 is 0 Å². The quantitative estimate of drug-likeness (QED) is 0.0183. The minimum Gasteiger partial charge on any atom is -0.350 e. The molecular formula is C93H123Cl6N13O6. The van der Waals surface area contributed by atoms with Crippen LogP contribution in [0, 0.1) is 0 Å². The van der Waals surface area contributed by atoms with Gasteiger partial charge in [-0.25, -0.2) is 0 Å². The Hall–Kier alpha value is -7.18. The van der Waals surface area contributed by atoms with Crippen LogP contribution < -0.4 is 37.2 Å². The molecule has 6 amide bonds. The van der Waals surface area contributed by atoms with E-state index in [-0.39, 0.29) is 77.6 Å². The van der Waals surface area contributed by atoms with Crippen molar-refractivity contribution in [3.05, 3.63) is 245 Å². The molecule has 19 nitrogen and oxygen atoms in total. The van der Waals surface area contributed by atoms with Gasteiger partial charge in [0.05, 0.1) is 48.3 Å². The number of rotatable bonds is 36. The highest BCUT2D eigenvalue weighted by atomic mass is 35.5. The van der Waals surface area contributed by atoms with Gasteiger partial charge in [0.25, 0.3) is 17.7 Å². The van der Waals surface area contributed by atoms with Crippen molar-refractivity contribution < 1.29 is 28.8 Å². The van der Waals surface area contributed by atoms with Gasteiger partial charge in [-0.15, -0.1) is 0 Å². The molecule has 11 rings (SSSR count). The lowest BCUT2D eigenvalue weighted by atomic mass is 9.95. The van der Waals surface area contributed by atoms with Gasteiger partial charge >= 0.3 is 0 Å². The number of benzene rings is 7. The number of carbonyl (C=O) groups is 6. The molecule has 7 N–H and O–H groups in total. The van der Waals surface area contributed by atoms with Crippen LogP contribution >= 0.6 is 69.6 Å². The first-order chi connectivity index (χ1) is 57.1. The van der Waals surface area contributed by atoms with Crippen molar-refractivity contribution in [2.24, 2.45) is 0 Å². The fourth-order valence-corrected chi connectivity index (χ4v) is 16.7. The number of amides is 6. The lowest BCUT2D eigenvalue weighted by Crippen LogP contribution is -2.51. The van der Waals surface area contributed by atoms with Gasteiger partial charge < -0.3 is 66.6 Å². The SMILES string of the molecule is CCCCCN(C)CC[C@@H]1N[C@H](CNC(=O)c2ccc(Cl)c(Cl)c2)CCN(C[C@@H](CC)c2ccccc2)C1=O.CC[C@H](CN1CC[C@@H](CNC(=O)c2ccc(Cl)c(Cl)c2)N[C@@H](CCN(C)Cc2ccccc2)C1=O)c1ccccc1.CC[C@H](CN1CC[C@@H](CNC(=O)c2ccc(Cl)c(Cl)c2)N[C@@H](CCN2CCNCC2)C1=O)c1ccccc1. The second-order valence-corrected chi connectivity index (χ2v) is 34.2. The summed E-state index contributed by atoms with van der Waals surface area (Å²) < 4.78 is 0. The molecule has 0 aromatic heterocycles. The molecule has 638 valence electrons. The van der Waals surface area contributed by atoms with Gasteiger partial charge in [0, 0.05) is 157 Å². The Morgan fingerprint density at radius 1 is 0.415 bits per heavy atom. The maximum absolute atomic E-state index is 13.9. The van der Waals surface area contributed by atoms with Gasteiger partial charge in [0.2, 0.25) is 17.7 Å². The molecular weight excluding hydrogens is 1610 g/mol. The molecule has 0 unspecified atom stereocenters. The number of nitrogens with zero attached hydrogens (tertiary/aromatic N) is 6. The van der Waals surface area contributed by atoms with Gasteiger partial charge in [-0.1, -0.05) is 231 Å². The fourth-order valence-electron chi connectivity index (χ4n) is 15.8. The molecule has 0 aliphatic carbocycles. The van der Waals surface area contributed by atoms with E-state index in [1.165, 1.54) is 41.5 Å². The van der Waals surface area contributed by atoms with Crippen LogP contribution in [-0.2, 0) is 20.9 Å². The highest BCUT2D eigenvalue weighted by Crippen LogP contribution is 2.30. The van der Waals surface area contributed by atoms with E-state index in [2.05, 4.69) is 179 Å². The van der Waals surface area contributed by atoms with Crippen molar-refractivity contribution in [2.75, 3.05) is 125 Å². The zero-order valence-electron chi connectivity index (χ0n) is 69.6. The van der Waals surface area contributed by atoms with E-state index >= 15 is 0 Å². The second-order valence-electron chi connectivity index (χ2n) is 31.7. The first kappa shape index (κ1) is 94.7. The summed E-state index contributed by atoms with van der Waals surface area (Å²) in [6, 6.07) is 55.3. The second kappa shape index (κ2) is 50.3. The van der Waals surface area contributed by atoms with Crippen LogP contribution in [0.3, 0.4) is 0 Å². The summed E-state index contributed by atoms with van der Waals surface area (Å²) in [5.74, 6) is 0.677. The largest absolute Gasteiger partial charge is 0.350 e. The minimum atomic E-state index is -0.337. The van der Waals surface area contributed by atoms with Gasteiger partial charge in [0.15, 0.2) is 0 Å². The first-order valence-electron chi connectivity index (χ1n) is 42.4. The molecule has 4 saturated heterocycles. The number of unbranched alkanes of at least 4 members (excludes halogenated alkanes) is 2. The lowest BCUT2D eigenvalue weighted by molar-refractivity contribution is -0.134. The molecule has 118 heavy (non-hydrogen) atoms. The molecule has 0 radical (unpaired) electrons. The maximum Gasteiger partial charge on any atom is 0.251 e. The van der Waals surface area contributed by atoms with E-state index in [0.717, 1.165) is 110 Å². The average molecular weight is 1730 g/mol. The Kier molecular flexibility index (Phi) is 40.3. The van der Waals surface area contributed by atoms with Gasteiger partial charge in [0.1, 0.15) is 0 Å². The smallest absolute Gasteiger partial charge is 0.251 e. The number of halogens is 6. The minimum absolute atomic E-state index is 0.0134. The first-order valence-corrected chi connectivity index (χ1v) is 44.7. The molecule has 7 aromatic rings. The molecule has 4 aliphatic heterocycles. The molecule has 4 aliphatic rings. The summed E-state index contributed by atoms with van der Waals surface area (Å²) in [5, 5.41) is 25.5. The van der Waals surface area contributed by atoms with Crippen molar-refractivity contribution >= 4 is 105 Å². The van der Waals surface area contributed by atoms with Crippen LogP contribution in [0.5, 0.6) is 0 Å². The molecule has 4 heterocycles. The van der Waals surface area contributed by atoms with E-state index in [1.807, 2.05) is 51.1 Å². The summed E-state index contributed by atoms with van der Waals surface area (Å²) in [5.41, 5.74) is 6.42. The number of nitrogens with one attached hydrogen (secondary N) is 7. The van der Waals surface area contributed by atoms with Crippen molar-refractivity contribution in [3.63, 3.8) is 0 Å². The number of carbonyl (C=O) groups excluding carboxylic acids is 6. The Morgan fingerprint density at radius 3 is 1.09 bits per heavy atom. The predicted molar refractivity (Wildman–Crippen MR) is 483 cm³/mol. The average Bonchev–Trinajstić information content (AvgIpc) is 1.78. The van der Waals surface area contributed by atoms with Crippen LogP contribution in [0.4, 0.5) is 0 Å². The van der Waals surface area contributed by atoms with Gasteiger partial charge in [-0.3, -0.25) is 28.8 Å². The highest BCUT2D eigenvalue weighted by Gasteiger charge is 2.37. The van der Waals surface area contributed by atoms with E-state index in [9.17, 15) is 28.8 Å².